The number of halogens is 1. The number of phenolic OH excluding ortho intramolecular Hbond substituents is 1. The van der Waals surface area contributed by atoms with Crippen molar-refractivity contribution in [3.05, 3.63) is 22.2 Å². The van der Waals surface area contributed by atoms with E-state index >= 15 is 0 Å². The summed E-state index contributed by atoms with van der Waals surface area (Å²) in [6, 6.07) is 3.22. The Kier molecular flexibility index (Phi) is 2.80. The molecule has 86 valence electrons. The highest BCUT2D eigenvalue weighted by molar-refractivity contribution is 9.10. The van der Waals surface area contributed by atoms with Crippen molar-refractivity contribution in [1.29, 1.82) is 0 Å². The van der Waals surface area contributed by atoms with Crippen LogP contribution in [0.2, 0.25) is 0 Å². The van der Waals surface area contributed by atoms with E-state index in [1.54, 1.807) is 6.07 Å². The average molecular weight is 287 g/mol. The molecule has 1 saturated carbocycles. The minimum atomic E-state index is -0.774. The third-order valence-electron chi connectivity index (χ3n) is 2.81. The number of hydrogen-bond acceptors (Lipinski definition) is 3. The molecule has 1 aromatic rings. The largest absolute Gasteiger partial charge is 0.504 e. The molecule has 0 saturated heterocycles. The van der Waals surface area contributed by atoms with Gasteiger partial charge in [0.05, 0.1) is 13.0 Å². The number of aliphatic carboxylic acids is 1. The number of benzene rings is 1. The molecule has 0 aromatic heterocycles. The molecule has 5 heteroatoms. The normalized spacial score (nSPS) is 22.9. The van der Waals surface area contributed by atoms with E-state index < -0.39 is 5.97 Å². The summed E-state index contributed by atoms with van der Waals surface area (Å²) in [5.74, 6) is -0.657. The first-order chi connectivity index (χ1) is 7.54. The highest BCUT2D eigenvalue weighted by Gasteiger charge is 2.45. The second-order valence-electron chi connectivity index (χ2n) is 3.83. The molecule has 2 atom stereocenters. The lowest BCUT2D eigenvalue weighted by atomic mass is 10.1. The van der Waals surface area contributed by atoms with Crippen LogP contribution in [-0.2, 0) is 4.79 Å². The van der Waals surface area contributed by atoms with Gasteiger partial charge in [-0.3, -0.25) is 4.79 Å². The number of aromatic hydroxyl groups is 1. The number of ether oxygens (including phenoxy) is 1. The van der Waals surface area contributed by atoms with E-state index in [9.17, 15) is 9.90 Å². The van der Waals surface area contributed by atoms with Crippen LogP contribution >= 0.6 is 15.9 Å². The van der Waals surface area contributed by atoms with Crippen molar-refractivity contribution in [2.75, 3.05) is 7.11 Å². The van der Waals surface area contributed by atoms with Crippen LogP contribution in [0.25, 0.3) is 0 Å². The highest BCUT2D eigenvalue weighted by atomic mass is 79.9. The van der Waals surface area contributed by atoms with Crippen LogP contribution in [0.4, 0.5) is 0 Å². The zero-order chi connectivity index (χ0) is 11.9. The van der Waals surface area contributed by atoms with E-state index in [1.165, 1.54) is 13.2 Å². The Bertz CT molecular complexity index is 444. The minimum Gasteiger partial charge on any atom is -0.504 e. The molecule has 0 radical (unpaired) electrons. The van der Waals surface area contributed by atoms with Gasteiger partial charge in [-0.1, -0.05) is 15.9 Å². The Morgan fingerprint density at radius 2 is 2.25 bits per heavy atom. The molecule has 0 unspecified atom stereocenters. The Labute approximate surface area is 101 Å². The molecular formula is C11H11BrO4. The van der Waals surface area contributed by atoms with Crippen LogP contribution in [0.1, 0.15) is 17.9 Å². The SMILES string of the molecule is COc1cc([C@@H]2C[C@H]2C(=O)O)c(Br)cc1O. The summed E-state index contributed by atoms with van der Waals surface area (Å²) in [4.78, 5) is 10.8. The second-order valence-corrected chi connectivity index (χ2v) is 4.69. The molecule has 0 amide bonds. The van der Waals surface area contributed by atoms with Gasteiger partial charge in [-0.05, 0) is 30.0 Å². The summed E-state index contributed by atoms with van der Waals surface area (Å²) < 4.78 is 5.72. The Hall–Kier alpha value is -1.23. The number of methoxy groups -OCH3 is 1. The molecule has 0 heterocycles. The molecule has 0 spiro atoms. The molecule has 4 nitrogen and oxygen atoms in total. The average Bonchev–Trinajstić information content (AvgIpc) is 2.97. The van der Waals surface area contributed by atoms with Crippen molar-refractivity contribution in [2.45, 2.75) is 12.3 Å². The summed E-state index contributed by atoms with van der Waals surface area (Å²) in [5, 5.41) is 18.4. The van der Waals surface area contributed by atoms with Gasteiger partial charge in [-0.2, -0.15) is 0 Å². The fourth-order valence-electron chi connectivity index (χ4n) is 1.82. The van der Waals surface area contributed by atoms with Crippen molar-refractivity contribution in [2.24, 2.45) is 5.92 Å². The fourth-order valence-corrected chi connectivity index (χ4v) is 2.44. The first-order valence-corrected chi connectivity index (χ1v) is 5.63. The van der Waals surface area contributed by atoms with E-state index in [0.717, 1.165) is 10.0 Å². The van der Waals surface area contributed by atoms with Gasteiger partial charge in [0.25, 0.3) is 0 Å². The molecule has 1 aliphatic carbocycles. The Morgan fingerprint density at radius 1 is 1.56 bits per heavy atom. The molecule has 1 aliphatic rings. The quantitative estimate of drug-likeness (QED) is 0.895. The first-order valence-electron chi connectivity index (χ1n) is 4.83. The Balaban J connectivity index is 2.32. The Morgan fingerprint density at radius 3 is 2.75 bits per heavy atom. The number of carboxylic acid groups (broad SMARTS) is 1. The van der Waals surface area contributed by atoms with Gasteiger partial charge >= 0.3 is 5.97 Å². The molecule has 1 fully saturated rings. The first kappa shape index (κ1) is 11.3. The summed E-state index contributed by atoms with van der Waals surface area (Å²) in [6.07, 6.45) is 0.641. The predicted octanol–water partition coefficient (Wildman–Crippen LogP) is 2.35. The van der Waals surface area contributed by atoms with E-state index in [0.29, 0.717) is 12.2 Å². The van der Waals surface area contributed by atoms with Crippen molar-refractivity contribution >= 4 is 21.9 Å². The van der Waals surface area contributed by atoms with Gasteiger partial charge in [0.1, 0.15) is 0 Å². The van der Waals surface area contributed by atoms with Gasteiger partial charge in [0.2, 0.25) is 0 Å². The highest BCUT2D eigenvalue weighted by Crippen LogP contribution is 2.51. The molecule has 0 bridgehead atoms. The van der Waals surface area contributed by atoms with Gasteiger partial charge in [0.15, 0.2) is 11.5 Å². The molecule has 2 N–H and O–H groups in total. The summed E-state index contributed by atoms with van der Waals surface area (Å²) in [5.41, 5.74) is 0.877. The summed E-state index contributed by atoms with van der Waals surface area (Å²) in [6.45, 7) is 0. The fraction of sp³-hybridized carbons (Fsp3) is 0.364. The molecule has 0 aliphatic heterocycles. The minimum absolute atomic E-state index is 0.0152. The van der Waals surface area contributed by atoms with Gasteiger partial charge in [0, 0.05) is 4.47 Å². The third kappa shape index (κ3) is 1.87. The predicted molar refractivity (Wildman–Crippen MR) is 60.8 cm³/mol. The van der Waals surface area contributed by atoms with E-state index in [1.807, 2.05) is 0 Å². The van der Waals surface area contributed by atoms with Crippen molar-refractivity contribution in [3.63, 3.8) is 0 Å². The summed E-state index contributed by atoms with van der Waals surface area (Å²) in [7, 11) is 1.47. The zero-order valence-electron chi connectivity index (χ0n) is 8.61. The molecule has 16 heavy (non-hydrogen) atoms. The van der Waals surface area contributed by atoms with Crippen molar-refractivity contribution < 1.29 is 19.7 Å². The van der Waals surface area contributed by atoms with Gasteiger partial charge in [-0.15, -0.1) is 0 Å². The maximum atomic E-state index is 10.8. The molecule has 2 rings (SSSR count). The van der Waals surface area contributed by atoms with E-state index in [2.05, 4.69) is 15.9 Å². The summed E-state index contributed by atoms with van der Waals surface area (Å²) >= 11 is 3.32. The maximum Gasteiger partial charge on any atom is 0.307 e. The van der Waals surface area contributed by atoms with Crippen LogP contribution in [0.3, 0.4) is 0 Å². The maximum absolute atomic E-state index is 10.8. The number of carboxylic acids is 1. The van der Waals surface area contributed by atoms with Crippen molar-refractivity contribution in [1.82, 2.24) is 0 Å². The van der Waals surface area contributed by atoms with Crippen LogP contribution < -0.4 is 4.74 Å². The smallest absolute Gasteiger partial charge is 0.307 e. The second kappa shape index (κ2) is 3.97. The van der Waals surface area contributed by atoms with Crippen LogP contribution in [0, 0.1) is 5.92 Å². The number of phenols is 1. The van der Waals surface area contributed by atoms with E-state index in [4.69, 9.17) is 9.84 Å². The number of rotatable bonds is 3. The van der Waals surface area contributed by atoms with Gasteiger partial charge in [-0.25, -0.2) is 0 Å². The lowest BCUT2D eigenvalue weighted by molar-refractivity contribution is -0.138. The standard InChI is InChI=1S/C11H11BrO4/c1-16-10-3-6(8(12)4-9(10)13)5-2-7(5)11(14)15/h3-5,7,13H,2H2,1H3,(H,14,15)/t5-,7+/m0/s1. The van der Waals surface area contributed by atoms with Crippen LogP contribution in [0.5, 0.6) is 11.5 Å². The van der Waals surface area contributed by atoms with Crippen molar-refractivity contribution in [3.8, 4) is 11.5 Å². The topological polar surface area (TPSA) is 66.8 Å². The monoisotopic (exact) mass is 286 g/mol. The third-order valence-corrected chi connectivity index (χ3v) is 3.49. The van der Waals surface area contributed by atoms with Crippen LogP contribution in [0.15, 0.2) is 16.6 Å². The number of hydrogen-bond donors (Lipinski definition) is 2. The van der Waals surface area contributed by atoms with Gasteiger partial charge < -0.3 is 14.9 Å². The number of carbonyl (C=O) groups is 1. The van der Waals surface area contributed by atoms with Crippen LogP contribution in [-0.4, -0.2) is 23.3 Å². The van der Waals surface area contributed by atoms with E-state index in [-0.39, 0.29) is 17.6 Å². The molecular weight excluding hydrogens is 276 g/mol. The molecule has 1 aromatic carbocycles. The lowest BCUT2D eigenvalue weighted by Crippen LogP contribution is -1.99. The zero-order valence-corrected chi connectivity index (χ0v) is 10.2. The lowest BCUT2D eigenvalue weighted by Gasteiger charge is -2.08.